The van der Waals surface area contributed by atoms with Crippen molar-refractivity contribution >= 4 is 27.0 Å². The molecule has 0 aliphatic heterocycles. The average molecular weight is 487 g/mol. The van der Waals surface area contributed by atoms with Gasteiger partial charge in [0.15, 0.2) is 0 Å². The van der Waals surface area contributed by atoms with Crippen molar-refractivity contribution < 1.29 is 8.85 Å². The van der Waals surface area contributed by atoms with E-state index in [2.05, 4.69) is 101 Å². The summed E-state index contributed by atoms with van der Waals surface area (Å²) >= 11 is 0. The van der Waals surface area contributed by atoms with Gasteiger partial charge >= 0.3 is 0 Å². The van der Waals surface area contributed by atoms with Gasteiger partial charge in [-0.25, -0.2) is 0 Å². The standard InChI is InChI=1S/C30H38O2Si2/c1-7-23-33(24-8-2,31-11-5)29-19-15-27(16-20-29)13-14-28-17-21-30(22-18-28)34(25-9-3,26-10-4)32-12-6/h7-10,15-22H,1-4,11-12,23-26H2,5-6H3. The zero-order valence-corrected chi connectivity index (χ0v) is 22.8. The molecule has 0 saturated carbocycles. The smallest absolute Gasteiger partial charge is 0.231 e. The molecule has 4 heteroatoms. The summed E-state index contributed by atoms with van der Waals surface area (Å²) in [6, 6.07) is 20.5. The normalized spacial score (nSPS) is 11.2. The van der Waals surface area contributed by atoms with Crippen molar-refractivity contribution in [2.75, 3.05) is 13.2 Å². The third-order valence-electron chi connectivity index (χ3n) is 5.91. The first-order valence-corrected chi connectivity index (χ1v) is 16.6. The van der Waals surface area contributed by atoms with Gasteiger partial charge in [0, 0.05) is 24.3 Å². The summed E-state index contributed by atoms with van der Waals surface area (Å²) in [6.45, 7) is 21.3. The van der Waals surface area contributed by atoms with Crippen LogP contribution in [-0.4, -0.2) is 29.8 Å². The minimum atomic E-state index is -2.13. The van der Waals surface area contributed by atoms with Crippen molar-refractivity contribution in [2.45, 2.75) is 38.0 Å². The van der Waals surface area contributed by atoms with E-state index < -0.39 is 16.6 Å². The molecule has 0 aromatic heterocycles. The molecular formula is C30H38O2Si2. The molecular weight excluding hydrogens is 449 g/mol. The van der Waals surface area contributed by atoms with E-state index in [9.17, 15) is 0 Å². The van der Waals surface area contributed by atoms with Gasteiger partial charge in [-0.3, -0.25) is 0 Å². The Hall–Kier alpha value is -2.69. The van der Waals surface area contributed by atoms with Crippen LogP contribution in [0.5, 0.6) is 0 Å². The average Bonchev–Trinajstić information content (AvgIpc) is 2.84. The van der Waals surface area contributed by atoms with Gasteiger partial charge in [0.1, 0.15) is 0 Å². The maximum absolute atomic E-state index is 6.30. The molecule has 0 bridgehead atoms. The van der Waals surface area contributed by atoms with E-state index in [0.717, 1.165) is 35.3 Å². The third kappa shape index (κ3) is 6.91. The zero-order chi connectivity index (χ0) is 24.9. The molecule has 0 saturated heterocycles. The fourth-order valence-electron chi connectivity index (χ4n) is 4.38. The molecule has 34 heavy (non-hydrogen) atoms. The van der Waals surface area contributed by atoms with Crippen LogP contribution in [0.15, 0.2) is 99.2 Å². The SMILES string of the molecule is C=CC[Si](CC=C)(OCC)c1ccc(C#Cc2ccc([Si](CC=C)(CC=C)OCC)cc2)cc1. The first-order valence-electron chi connectivity index (χ1n) is 12.0. The summed E-state index contributed by atoms with van der Waals surface area (Å²) in [5.74, 6) is 6.60. The molecule has 0 aliphatic rings. The fraction of sp³-hybridized carbons (Fsp3) is 0.267. The van der Waals surface area contributed by atoms with E-state index >= 15 is 0 Å². The molecule has 2 rings (SSSR count). The summed E-state index contributed by atoms with van der Waals surface area (Å²) in [7, 11) is -4.27. The van der Waals surface area contributed by atoms with E-state index in [0.29, 0.717) is 13.2 Å². The predicted molar refractivity (Wildman–Crippen MR) is 153 cm³/mol. The van der Waals surface area contributed by atoms with Crippen molar-refractivity contribution in [3.8, 4) is 11.8 Å². The van der Waals surface area contributed by atoms with Gasteiger partial charge in [-0.05, 0) is 72.7 Å². The number of benzene rings is 2. The van der Waals surface area contributed by atoms with Crippen molar-refractivity contribution in [1.29, 1.82) is 0 Å². The van der Waals surface area contributed by atoms with Crippen molar-refractivity contribution in [3.05, 3.63) is 110 Å². The van der Waals surface area contributed by atoms with E-state index in [1.54, 1.807) is 0 Å². The Morgan fingerprint density at radius 2 is 0.882 bits per heavy atom. The molecule has 0 fully saturated rings. The van der Waals surface area contributed by atoms with Crippen LogP contribution in [0.1, 0.15) is 25.0 Å². The number of hydrogen-bond donors (Lipinski definition) is 0. The summed E-state index contributed by atoms with van der Waals surface area (Å²) in [5.41, 5.74) is 1.97. The summed E-state index contributed by atoms with van der Waals surface area (Å²) in [6.07, 6.45) is 7.87. The Morgan fingerprint density at radius 3 is 1.12 bits per heavy atom. The lowest BCUT2D eigenvalue weighted by molar-refractivity contribution is 0.333. The minimum absolute atomic E-state index is 0.693. The van der Waals surface area contributed by atoms with Crippen LogP contribution in [0.2, 0.25) is 24.2 Å². The Morgan fingerprint density at radius 1 is 0.588 bits per heavy atom. The summed E-state index contributed by atoms with van der Waals surface area (Å²) < 4.78 is 12.6. The van der Waals surface area contributed by atoms with E-state index in [4.69, 9.17) is 8.85 Å². The molecule has 0 N–H and O–H groups in total. The molecule has 0 unspecified atom stereocenters. The summed E-state index contributed by atoms with van der Waals surface area (Å²) in [5, 5.41) is 2.51. The first kappa shape index (κ1) is 27.6. The third-order valence-corrected chi connectivity index (χ3v) is 14.2. The predicted octanol–water partition coefficient (Wildman–Crippen LogP) is 6.21. The molecule has 0 radical (unpaired) electrons. The van der Waals surface area contributed by atoms with Crippen LogP contribution >= 0.6 is 0 Å². The Balaban J connectivity index is 2.27. The number of hydrogen-bond acceptors (Lipinski definition) is 2. The van der Waals surface area contributed by atoms with Crippen LogP contribution < -0.4 is 10.4 Å². The van der Waals surface area contributed by atoms with E-state index in [1.807, 2.05) is 24.3 Å². The van der Waals surface area contributed by atoms with Gasteiger partial charge in [0.05, 0.1) is 0 Å². The largest absolute Gasteiger partial charge is 0.412 e. The van der Waals surface area contributed by atoms with Crippen LogP contribution in [0.3, 0.4) is 0 Å². The van der Waals surface area contributed by atoms with E-state index in [-0.39, 0.29) is 0 Å². The Kier molecular flexibility index (Phi) is 11.3. The molecule has 0 atom stereocenters. The quantitative estimate of drug-likeness (QED) is 0.180. The second-order valence-electron chi connectivity index (χ2n) is 8.23. The Labute approximate surface area is 209 Å². The lowest BCUT2D eigenvalue weighted by Crippen LogP contribution is -2.50. The molecule has 2 aromatic carbocycles. The molecule has 178 valence electrons. The molecule has 2 nitrogen and oxygen atoms in total. The maximum atomic E-state index is 6.30. The zero-order valence-electron chi connectivity index (χ0n) is 20.8. The van der Waals surface area contributed by atoms with Crippen LogP contribution in [0.4, 0.5) is 0 Å². The molecule has 0 heterocycles. The molecule has 0 aliphatic carbocycles. The van der Waals surface area contributed by atoms with Gasteiger partial charge in [-0.1, -0.05) is 60.4 Å². The highest BCUT2D eigenvalue weighted by Crippen LogP contribution is 2.20. The fourth-order valence-corrected chi connectivity index (χ4v) is 11.0. The van der Waals surface area contributed by atoms with Crippen LogP contribution in [0.25, 0.3) is 0 Å². The monoisotopic (exact) mass is 486 g/mol. The lowest BCUT2D eigenvalue weighted by Gasteiger charge is -2.29. The van der Waals surface area contributed by atoms with Crippen LogP contribution in [0, 0.1) is 11.8 Å². The van der Waals surface area contributed by atoms with Crippen molar-refractivity contribution in [3.63, 3.8) is 0 Å². The number of allylic oxidation sites excluding steroid dienone is 4. The van der Waals surface area contributed by atoms with Gasteiger partial charge in [0.25, 0.3) is 0 Å². The van der Waals surface area contributed by atoms with Crippen LogP contribution in [-0.2, 0) is 8.85 Å². The van der Waals surface area contributed by atoms with Gasteiger partial charge in [-0.2, -0.15) is 0 Å². The maximum Gasteiger partial charge on any atom is 0.231 e. The molecule has 0 amide bonds. The summed E-state index contributed by atoms with van der Waals surface area (Å²) in [4.78, 5) is 0. The molecule has 2 aromatic rings. The second kappa shape index (κ2) is 13.9. The van der Waals surface area contributed by atoms with Crippen molar-refractivity contribution in [2.24, 2.45) is 0 Å². The highest BCUT2D eigenvalue weighted by Gasteiger charge is 2.35. The highest BCUT2D eigenvalue weighted by molar-refractivity contribution is 6.87. The molecule has 0 spiro atoms. The first-order chi connectivity index (χ1) is 16.5. The lowest BCUT2D eigenvalue weighted by atomic mass is 10.2. The van der Waals surface area contributed by atoms with E-state index in [1.165, 1.54) is 10.4 Å². The van der Waals surface area contributed by atoms with Gasteiger partial charge in [-0.15, -0.1) is 26.3 Å². The number of rotatable bonds is 14. The highest BCUT2D eigenvalue weighted by atomic mass is 28.4. The topological polar surface area (TPSA) is 18.5 Å². The van der Waals surface area contributed by atoms with Gasteiger partial charge < -0.3 is 8.85 Å². The van der Waals surface area contributed by atoms with Crippen molar-refractivity contribution in [1.82, 2.24) is 0 Å². The van der Waals surface area contributed by atoms with Gasteiger partial charge in [0.2, 0.25) is 16.6 Å². The minimum Gasteiger partial charge on any atom is -0.412 e. The Bertz CT molecular complexity index is 909. The second-order valence-corrected chi connectivity index (χ2v) is 15.6.